The van der Waals surface area contributed by atoms with E-state index >= 15 is 0 Å². The molecule has 0 spiro atoms. The number of carbonyl (C=O) groups is 2. The van der Waals surface area contributed by atoms with E-state index in [0.29, 0.717) is 6.42 Å². The topological polar surface area (TPSA) is 160 Å². The Morgan fingerprint density at radius 2 is 0.964 bits per heavy atom. The zero-order valence-corrected chi connectivity index (χ0v) is 36.1. The molecule has 0 fully saturated rings. The lowest BCUT2D eigenvalue weighted by Crippen LogP contribution is -2.30. The van der Waals surface area contributed by atoms with Crippen molar-refractivity contribution in [1.82, 2.24) is 0 Å². The van der Waals surface area contributed by atoms with Crippen LogP contribution in [-0.2, 0) is 28.2 Å². The second-order valence-corrected chi connectivity index (χ2v) is 16.2. The number of ether oxygens (including phenoxy) is 2. The van der Waals surface area contributed by atoms with Gasteiger partial charge in [-0.15, -0.1) is 0 Å². The highest BCUT2D eigenvalue weighted by Gasteiger charge is 2.23. The number of aliphatic hydroxyl groups excluding tert-OH is 2. The largest absolute Gasteiger partial charge is 0.469 e. The van der Waals surface area contributed by atoms with Gasteiger partial charge < -0.3 is 29.5 Å². The number of carbonyl (C=O) groups excluding carboxylic acids is 2. The molecule has 0 unspecified atom stereocenters. The minimum absolute atomic E-state index is 0.104. The van der Waals surface area contributed by atoms with E-state index in [1.54, 1.807) is 0 Å². The summed E-state index contributed by atoms with van der Waals surface area (Å²) < 4.78 is 26.3. The molecule has 0 amide bonds. The first kappa shape index (κ1) is 53.9. The average Bonchev–Trinajstić information content (AvgIpc) is 3.16. The Morgan fingerprint density at radius 1 is 0.536 bits per heavy atom. The van der Waals surface area contributed by atoms with Crippen LogP contribution in [0.15, 0.2) is 48.6 Å². The third-order valence-corrected chi connectivity index (χ3v) is 10.0. The summed E-state index contributed by atoms with van der Waals surface area (Å²) in [5, 5.41) is 20.6. The van der Waals surface area contributed by atoms with Crippen LogP contribution in [0.25, 0.3) is 0 Å². The predicted octanol–water partition coefficient (Wildman–Crippen LogP) is 11.5. The first-order valence-corrected chi connectivity index (χ1v) is 23.6. The number of phosphoric acid groups is 1. The summed E-state index contributed by atoms with van der Waals surface area (Å²) in [7, 11) is -4.84. The predicted molar refractivity (Wildman–Crippen MR) is 228 cm³/mol. The summed E-state index contributed by atoms with van der Waals surface area (Å²) in [4.78, 5) is 43.0. The SMILES string of the molecule is CC/C=C\C/C=C\C/C=C\C/C=C\C[C@@H](O)[C@H](O)CCCC(=O)O[C@H](COC(=O)CCCCCCCCCCCCCCCCCCCCC)COP(=O)(O)O. The molecule has 11 heteroatoms. The number of allylic oxidation sites excluding steroid dienone is 7. The van der Waals surface area contributed by atoms with Crippen molar-refractivity contribution in [3.63, 3.8) is 0 Å². The van der Waals surface area contributed by atoms with E-state index in [-0.39, 0.29) is 38.7 Å². The molecule has 0 saturated heterocycles. The molecule has 10 nitrogen and oxygen atoms in total. The van der Waals surface area contributed by atoms with Crippen LogP contribution < -0.4 is 0 Å². The van der Waals surface area contributed by atoms with Gasteiger partial charge in [0, 0.05) is 12.8 Å². The van der Waals surface area contributed by atoms with E-state index in [1.807, 2.05) is 18.2 Å². The summed E-state index contributed by atoms with van der Waals surface area (Å²) in [6, 6.07) is 0. The average molecular weight is 813 g/mol. The van der Waals surface area contributed by atoms with Gasteiger partial charge in [-0.05, 0) is 51.4 Å². The van der Waals surface area contributed by atoms with Gasteiger partial charge in [-0.25, -0.2) is 4.57 Å². The molecule has 0 rings (SSSR count). The van der Waals surface area contributed by atoms with E-state index in [9.17, 15) is 24.4 Å². The molecule has 3 atom stereocenters. The van der Waals surface area contributed by atoms with E-state index in [1.165, 1.54) is 96.3 Å². The first-order valence-electron chi connectivity index (χ1n) is 22.1. The highest BCUT2D eigenvalue weighted by molar-refractivity contribution is 7.46. The Bertz CT molecular complexity index is 1080. The maximum Gasteiger partial charge on any atom is 0.469 e. The standard InChI is InChI=1S/C45H81O10P/c1-3-5-7-9-11-13-15-17-18-19-20-21-22-23-25-27-29-31-33-37-44(48)53-39-41(40-54-56(50,51)52)55-45(49)38-34-36-43(47)42(46)35-32-30-28-26-24-16-14-12-10-8-6-4-2/h6,8,12,14,24,26,30,32,41-43,46-47H,3-5,7,9-11,13,15-23,25,27-29,31,33-40H2,1-2H3,(H2,50,51,52)/b8-6-,14-12-,26-24-,32-30-/t41-,42-,43-/m1/s1. The summed E-state index contributed by atoms with van der Waals surface area (Å²) in [6.45, 7) is 3.34. The summed E-state index contributed by atoms with van der Waals surface area (Å²) in [5.74, 6) is -1.17. The molecule has 326 valence electrons. The van der Waals surface area contributed by atoms with E-state index < -0.39 is 44.7 Å². The van der Waals surface area contributed by atoms with Gasteiger partial charge in [0.05, 0.1) is 18.8 Å². The summed E-state index contributed by atoms with van der Waals surface area (Å²) in [6.07, 6.45) is 41.5. The van der Waals surface area contributed by atoms with Crippen molar-refractivity contribution in [3.05, 3.63) is 48.6 Å². The van der Waals surface area contributed by atoms with Gasteiger partial charge in [-0.2, -0.15) is 0 Å². The molecule has 0 heterocycles. The van der Waals surface area contributed by atoms with E-state index in [0.717, 1.165) is 44.9 Å². The number of esters is 2. The van der Waals surface area contributed by atoms with Crippen LogP contribution in [0.1, 0.15) is 194 Å². The molecule has 0 bridgehead atoms. The van der Waals surface area contributed by atoms with E-state index in [4.69, 9.17) is 19.3 Å². The number of hydrogen-bond acceptors (Lipinski definition) is 8. The second kappa shape index (κ2) is 39.7. The Hall–Kier alpha value is -2.07. The minimum atomic E-state index is -4.84. The Morgan fingerprint density at radius 3 is 1.43 bits per heavy atom. The monoisotopic (exact) mass is 813 g/mol. The summed E-state index contributed by atoms with van der Waals surface area (Å²) in [5.41, 5.74) is 0. The number of aliphatic hydroxyl groups is 2. The molecule has 0 radical (unpaired) electrons. The zero-order valence-electron chi connectivity index (χ0n) is 35.2. The maximum absolute atomic E-state index is 12.5. The molecular weight excluding hydrogens is 731 g/mol. The van der Waals surface area contributed by atoms with Crippen LogP contribution in [-0.4, -0.2) is 63.5 Å². The van der Waals surface area contributed by atoms with Crippen molar-refractivity contribution in [2.24, 2.45) is 0 Å². The molecule has 0 aliphatic rings. The molecule has 0 aliphatic carbocycles. The van der Waals surface area contributed by atoms with Gasteiger partial charge in [0.25, 0.3) is 0 Å². The van der Waals surface area contributed by atoms with Gasteiger partial charge in [-0.1, -0.05) is 178 Å². The van der Waals surface area contributed by atoms with Crippen molar-refractivity contribution >= 4 is 19.8 Å². The maximum atomic E-state index is 12.5. The van der Waals surface area contributed by atoms with Gasteiger partial charge in [0.2, 0.25) is 0 Å². The van der Waals surface area contributed by atoms with Crippen LogP contribution in [0.4, 0.5) is 0 Å². The first-order chi connectivity index (χ1) is 27.1. The number of rotatable bonds is 40. The zero-order chi connectivity index (χ0) is 41.4. The van der Waals surface area contributed by atoms with E-state index in [2.05, 4.69) is 48.8 Å². The highest BCUT2D eigenvalue weighted by atomic mass is 31.2. The molecule has 0 saturated carbocycles. The van der Waals surface area contributed by atoms with Crippen molar-refractivity contribution in [3.8, 4) is 0 Å². The molecule has 0 aliphatic heterocycles. The second-order valence-electron chi connectivity index (χ2n) is 15.0. The fourth-order valence-corrected chi connectivity index (χ4v) is 6.53. The molecular formula is C45H81O10P. The van der Waals surface area contributed by atoms with Crippen molar-refractivity contribution < 1.29 is 48.2 Å². The van der Waals surface area contributed by atoms with Crippen LogP contribution in [0.3, 0.4) is 0 Å². The van der Waals surface area contributed by atoms with Crippen LogP contribution in [0, 0.1) is 0 Å². The lowest BCUT2D eigenvalue weighted by Gasteiger charge is -2.19. The van der Waals surface area contributed by atoms with Gasteiger partial charge in [0.15, 0.2) is 6.10 Å². The Kier molecular flexibility index (Phi) is 38.3. The fourth-order valence-electron chi connectivity index (χ4n) is 6.17. The quantitative estimate of drug-likeness (QED) is 0.0203. The molecule has 0 aromatic rings. The lowest BCUT2D eigenvalue weighted by molar-refractivity contribution is -0.161. The third-order valence-electron chi connectivity index (χ3n) is 9.56. The smallest absolute Gasteiger partial charge is 0.462 e. The van der Waals surface area contributed by atoms with Crippen LogP contribution in [0.5, 0.6) is 0 Å². The van der Waals surface area contributed by atoms with Crippen molar-refractivity contribution in [2.45, 2.75) is 212 Å². The lowest BCUT2D eigenvalue weighted by atomic mass is 10.0. The number of unbranched alkanes of at least 4 members (excludes halogenated alkanes) is 18. The van der Waals surface area contributed by atoms with Gasteiger partial charge in [-0.3, -0.25) is 14.1 Å². The number of hydrogen-bond donors (Lipinski definition) is 4. The molecule has 0 aromatic heterocycles. The van der Waals surface area contributed by atoms with Crippen LogP contribution >= 0.6 is 7.82 Å². The normalized spacial score (nSPS) is 14.0. The Balaban J connectivity index is 4.10. The highest BCUT2D eigenvalue weighted by Crippen LogP contribution is 2.36. The van der Waals surface area contributed by atoms with Crippen molar-refractivity contribution in [1.29, 1.82) is 0 Å². The molecule has 56 heavy (non-hydrogen) atoms. The van der Waals surface area contributed by atoms with Gasteiger partial charge in [0.1, 0.15) is 6.61 Å². The molecule has 0 aromatic carbocycles. The van der Waals surface area contributed by atoms with Gasteiger partial charge >= 0.3 is 19.8 Å². The third kappa shape index (κ3) is 40.1. The fraction of sp³-hybridized carbons (Fsp3) is 0.778. The number of phosphoric ester groups is 1. The van der Waals surface area contributed by atoms with Crippen LogP contribution in [0.2, 0.25) is 0 Å². The molecule has 4 N–H and O–H groups in total. The Labute approximate surface area is 340 Å². The van der Waals surface area contributed by atoms with Crippen molar-refractivity contribution in [2.75, 3.05) is 13.2 Å². The minimum Gasteiger partial charge on any atom is -0.462 e. The summed E-state index contributed by atoms with van der Waals surface area (Å²) >= 11 is 0.